The van der Waals surface area contributed by atoms with E-state index in [9.17, 15) is 9.59 Å². The second kappa shape index (κ2) is 7.64. The van der Waals surface area contributed by atoms with Crippen molar-refractivity contribution in [3.63, 3.8) is 0 Å². The summed E-state index contributed by atoms with van der Waals surface area (Å²) < 4.78 is 0.785. The number of carbonyl (C=O) groups is 2. The molecule has 124 valence electrons. The van der Waals surface area contributed by atoms with Crippen LogP contribution in [0.2, 0.25) is 0 Å². The summed E-state index contributed by atoms with van der Waals surface area (Å²) in [6.45, 7) is 0. The number of rotatable bonds is 4. The predicted octanol–water partition coefficient (Wildman–Crippen LogP) is 1.46. The van der Waals surface area contributed by atoms with Gasteiger partial charge in [-0.3, -0.25) is 0 Å². The van der Waals surface area contributed by atoms with Crippen LogP contribution in [0.4, 0.5) is 0 Å². The molecular weight excluding hydrogens is 375 g/mol. The fourth-order valence-corrected chi connectivity index (χ4v) is 3.47. The number of fused-ring (bicyclic) bond motifs is 1. The Morgan fingerprint density at radius 3 is 2.40 bits per heavy atom. The van der Waals surface area contributed by atoms with E-state index in [0.29, 0.717) is 12.0 Å². The van der Waals surface area contributed by atoms with E-state index >= 15 is 0 Å². The Kier molecular flexibility index (Phi) is 5.32. The number of nitrogens with one attached hydrogen (secondary N) is 1. The second-order valence-corrected chi connectivity index (χ2v) is 6.74. The molecule has 0 fully saturated rings. The Bertz CT molecular complexity index is 925. The molecule has 0 saturated carbocycles. The fraction of sp³-hybridized carbons (Fsp3) is 0.100. The first-order valence-electron chi connectivity index (χ1n) is 7.91. The van der Waals surface area contributed by atoms with E-state index in [2.05, 4.69) is 22.2 Å². The summed E-state index contributed by atoms with van der Waals surface area (Å²) in [7, 11) is 0. The molecule has 0 unspecified atom stereocenters. The average Bonchev–Trinajstić information content (AvgIpc) is 2.63. The summed E-state index contributed by atoms with van der Waals surface area (Å²) in [5.41, 5.74) is 7.35. The van der Waals surface area contributed by atoms with Gasteiger partial charge in [0.1, 0.15) is 0 Å². The Morgan fingerprint density at radius 1 is 0.960 bits per heavy atom. The molecule has 0 aliphatic rings. The van der Waals surface area contributed by atoms with Crippen LogP contribution < -0.4 is 15.4 Å². The Morgan fingerprint density at radius 2 is 1.64 bits per heavy atom. The summed E-state index contributed by atoms with van der Waals surface area (Å²) >= 11 is 2.41. The van der Waals surface area contributed by atoms with Crippen molar-refractivity contribution in [1.29, 1.82) is 0 Å². The molecule has 1 atom stereocenters. The first-order valence-corrected chi connectivity index (χ1v) is 8.85. The number of hydrogen-bond acceptors (Lipinski definition) is 3. The van der Waals surface area contributed by atoms with Crippen LogP contribution in [0.1, 0.15) is 15.9 Å². The molecule has 3 rings (SSSR count). The van der Waals surface area contributed by atoms with Crippen molar-refractivity contribution < 1.29 is 9.59 Å². The van der Waals surface area contributed by atoms with E-state index in [1.165, 1.54) is 0 Å². The van der Waals surface area contributed by atoms with Crippen molar-refractivity contribution in [2.45, 2.75) is 12.5 Å². The standard InChI is InChI=1S/C20H17AsN2O2/c21-18-15-9-5-4-8-14(15)10-11-16(18)19(24)23-20(25)17(22)12-13-6-2-1-3-7-13/h1-11,17H,12,22H2,(H,23,24,25)/t17-/m0/s1. The molecule has 0 aliphatic heterocycles. The molecule has 5 heteroatoms. The Hall–Kier alpha value is -2.42. The SMILES string of the molecule is N[C@@H](Cc1ccccc1)C(=O)NC(=O)c1ccc2ccccc2c1[As]. The van der Waals surface area contributed by atoms with Crippen LogP contribution in [0.3, 0.4) is 0 Å². The van der Waals surface area contributed by atoms with Crippen molar-refractivity contribution in [2.75, 3.05) is 0 Å². The van der Waals surface area contributed by atoms with Gasteiger partial charge in [0.2, 0.25) is 0 Å². The summed E-state index contributed by atoms with van der Waals surface area (Å²) in [5, 5.41) is 4.42. The molecule has 4 nitrogen and oxygen atoms in total. The predicted molar refractivity (Wildman–Crippen MR) is 99.9 cm³/mol. The van der Waals surface area contributed by atoms with E-state index in [1.807, 2.05) is 60.7 Å². The molecule has 3 aromatic carbocycles. The van der Waals surface area contributed by atoms with Gasteiger partial charge < -0.3 is 0 Å². The first kappa shape index (κ1) is 17.4. The van der Waals surface area contributed by atoms with E-state index in [-0.39, 0.29) is 0 Å². The van der Waals surface area contributed by atoms with E-state index in [1.54, 1.807) is 6.07 Å². The maximum absolute atomic E-state index is 12.5. The minimum absolute atomic E-state index is 0.382. The Balaban J connectivity index is 1.73. The van der Waals surface area contributed by atoms with Crippen LogP contribution in [0.25, 0.3) is 10.8 Å². The molecular formula is C20H17AsN2O2. The third kappa shape index (κ3) is 3.98. The first-order chi connectivity index (χ1) is 12.1. The van der Waals surface area contributed by atoms with Gasteiger partial charge in [0.15, 0.2) is 0 Å². The van der Waals surface area contributed by atoms with Crippen LogP contribution in [-0.2, 0) is 11.2 Å². The molecule has 0 saturated heterocycles. The van der Waals surface area contributed by atoms with Crippen LogP contribution in [0.5, 0.6) is 0 Å². The molecule has 25 heavy (non-hydrogen) atoms. The van der Waals surface area contributed by atoms with Gasteiger partial charge in [-0.1, -0.05) is 0 Å². The summed E-state index contributed by atoms with van der Waals surface area (Å²) in [5.74, 6) is -0.913. The number of amides is 2. The summed E-state index contributed by atoms with van der Waals surface area (Å²) in [6.07, 6.45) is 0.382. The van der Waals surface area contributed by atoms with Gasteiger partial charge in [-0.25, -0.2) is 0 Å². The van der Waals surface area contributed by atoms with Gasteiger partial charge in [-0.2, -0.15) is 0 Å². The second-order valence-electron chi connectivity index (χ2n) is 5.80. The zero-order valence-electron chi connectivity index (χ0n) is 13.5. The molecule has 3 N–H and O–H groups in total. The van der Waals surface area contributed by atoms with Gasteiger partial charge >= 0.3 is 155 Å². The molecule has 0 aliphatic carbocycles. The third-order valence-electron chi connectivity index (χ3n) is 4.02. The van der Waals surface area contributed by atoms with E-state index in [0.717, 1.165) is 20.7 Å². The van der Waals surface area contributed by atoms with Crippen LogP contribution in [-0.4, -0.2) is 34.7 Å². The number of benzene rings is 3. The van der Waals surface area contributed by atoms with Crippen molar-refractivity contribution in [2.24, 2.45) is 5.73 Å². The third-order valence-corrected chi connectivity index (χ3v) is 5.03. The zero-order chi connectivity index (χ0) is 17.8. The monoisotopic (exact) mass is 392 g/mol. The molecule has 2 radical (unpaired) electrons. The molecule has 0 bridgehead atoms. The number of carbonyl (C=O) groups excluding carboxylic acids is 2. The number of hydrogen-bond donors (Lipinski definition) is 2. The van der Waals surface area contributed by atoms with Gasteiger partial charge in [0.05, 0.1) is 0 Å². The van der Waals surface area contributed by atoms with Crippen molar-refractivity contribution in [1.82, 2.24) is 5.32 Å². The van der Waals surface area contributed by atoms with Crippen molar-refractivity contribution in [3.05, 3.63) is 77.9 Å². The minimum atomic E-state index is -0.776. The van der Waals surface area contributed by atoms with E-state index in [4.69, 9.17) is 5.73 Å². The van der Waals surface area contributed by atoms with Crippen molar-refractivity contribution in [3.8, 4) is 0 Å². The van der Waals surface area contributed by atoms with Crippen molar-refractivity contribution >= 4 is 43.8 Å². The molecule has 3 aromatic rings. The maximum atomic E-state index is 12.5. The van der Waals surface area contributed by atoms with Crippen LogP contribution in [0, 0.1) is 0 Å². The number of nitrogens with two attached hydrogens (primary N) is 1. The van der Waals surface area contributed by atoms with Crippen LogP contribution >= 0.6 is 0 Å². The van der Waals surface area contributed by atoms with Gasteiger partial charge in [0, 0.05) is 0 Å². The van der Waals surface area contributed by atoms with Gasteiger partial charge in [-0.15, -0.1) is 0 Å². The van der Waals surface area contributed by atoms with Crippen LogP contribution in [0.15, 0.2) is 66.7 Å². The molecule has 2 amide bonds. The topological polar surface area (TPSA) is 72.2 Å². The normalized spacial score (nSPS) is 11.9. The number of imide groups is 1. The fourth-order valence-electron chi connectivity index (χ4n) is 2.67. The molecule has 0 spiro atoms. The zero-order valence-corrected chi connectivity index (χ0v) is 15.4. The molecule has 0 aromatic heterocycles. The quantitative estimate of drug-likeness (QED) is 0.661. The summed E-state index contributed by atoms with van der Waals surface area (Å²) in [4.78, 5) is 24.7. The summed E-state index contributed by atoms with van der Waals surface area (Å²) in [6, 6.07) is 20.1. The van der Waals surface area contributed by atoms with E-state index < -0.39 is 17.9 Å². The average molecular weight is 392 g/mol. The van der Waals surface area contributed by atoms with Gasteiger partial charge in [-0.05, 0) is 0 Å². The van der Waals surface area contributed by atoms with Gasteiger partial charge in [0.25, 0.3) is 0 Å². The Labute approximate surface area is 154 Å². The molecule has 0 heterocycles.